The Balaban J connectivity index is 2.11. The van der Waals surface area contributed by atoms with Crippen molar-refractivity contribution in [2.24, 2.45) is 5.92 Å². The highest BCUT2D eigenvalue weighted by molar-refractivity contribution is 9.10. The van der Waals surface area contributed by atoms with E-state index < -0.39 is 0 Å². The van der Waals surface area contributed by atoms with Crippen molar-refractivity contribution in [3.8, 4) is 5.75 Å². The molecule has 0 aliphatic carbocycles. The Labute approximate surface area is 133 Å². The van der Waals surface area contributed by atoms with Crippen molar-refractivity contribution >= 4 is 15.9 Å². The minimum absolute atomic E-state index is 0.409. The van der Waals surface area contributed by atoms with E-state index in [0.29, 0.717) is 12.5 Å². The maximum Gasteiger partial charge on any atom is 0.164 e. The van der Waals surface area contributed by atoms with E-state index in [1.54, 1.807) is 6.33 Å². The first-order valence-electron chi connectivity index (χ1n) is 7.03. The standard InChI is InChI=1S/C15H21BrN4O/c1-11(2)8-20-14(18-10-19-20)9-21-15-12(7-17-3)5-4-6-13(15)16/h4-6,10-11,17H,7-9H2,1-3H3. The molecule has 0 aliphatic rings. The molecule has 0 aliphatic heterocycles. The first-order valence-corrected chi connectivity index (χ1v) is 7.82. The van der Waals surface area contributed by atoms with Gasteiger partial charge in [-0.2, -0.15) is 5.10 Å². The second-order valence-electron chi connectivity index (χ2n) is 5.30. The molecule has 0 spiro atoms. The van der Waals surface area contributed by atoms with Gasteiger partial charge in [0, 0.05) is 18.7 Å². The highest BCUT2D eigenvalue weighted by Gasteiger charge is 2.11. The predicted octanol–water partition coefficient (Wildman–Crippen LogP) is 3.00. The molecular formula is C15H21BrN4O. The molecule has 0 fully saturated rings. The first kappa shape index (κ1) is 16.0. The van der Waals surface area contributed by atoms with Gasteiger partial charge in [-0.1, -0.05) is 26.0 Å². The molecule has 0 amide bonds. The zero-order valence-corrected chi connectivity index (χ0v) is 14.2. The molecule has 1 aromatic heterocycles. The lowest BCUT2D eigenvalue weighted by Crippen LogP contribution is -2.13. The highest BCUT2D eigenvalue weighted by atomic mass is 79.9. The van der Waals surface area contributed by atoms with Crippen LogP contribution in [0.1, 0.15) is 25.2 Å². The summed E-state index contributed by atoms with van der Waals surface area (Å²) in [6, 6.07) is 6.04. The third-order valence-corrected chi connectivity index (χ3v) is 3.62. The maximum atomic E-state index is 5.98. The highest BCUT2D eigenvalue weighted by Crippen LogP contribution is 2.29. The number of ether oxygens (including phenoxy) is 1. The van der Waals surface area contributed by atoms with Crippen LogP contribution in [0.4, 0.5) is 0 Å². The lowest BCUT2D eigenvalue weighted by molar-refractivity contribution is 0.278. The zero-order chi connectivity index (χ0) is 15.2. The average molecular weight is 353 g/mol. The minimum atomic E-state index is 0.409. The second-order valence-corrected chi connectivity index (χ2v) is 6.15. The molecule has 0 unspecified atom stereocenters. The van der Waals surface area contributed by atoms with E-state index in [9.17, 15) is 0 Å². The van der Waals surface area contributed by atoms with Crippen LogP contribution in [0, 0.1) is 5.92 Å². The SMILES string of the molecule is CNCc1cccc(Br)c1OCc1ncnn1CC(C)C. The Morgan fingerprint density at radius 1 is 1.38 bits per heavy atom. The molecule has 2 aromatic rings. The van der Waals surface area contributed by atoms with Gasteiger partial charge in [0.15, 0.2) is 5.82 Å². The van der Waals surface area contributed by atoms with E-state index in [4.69, 9.17) is 4.74 Å². The third kappa shape index (κ3) is 4.28. The maximum absolute atomic E-state index is 5.98. The van der Waals surface area contributed by atoms with Crippen LogP contribution in [0.25, 0.3) is 0 Å². The molecule has 0 radical (unpaired) electrons. The Hall–Kier alpha value is -1.40. The Morgan fingerprint density at radius 3 is 2.90 bits per heavy atom. The van der Waals surface area contributed by atoms with Crippen molar-refractivity contribution in [1.82, 2.24) is 20.1 Å². The lowest BCUT2D eigenvalue weighted by atomic mass is 10.2. The predicted molar refractivity (Wildman–Crippen MR) is 86.1 cm³/mol. The molecule has 0 saturated carbocycles. The van der Waals surface area contributed by atoms with Gasteiger partial charge in [-0.05, 0) is 35.0 Å². The molecule has 2 rings (SSSR count). The second kappa shape index (κ2) is 7.56. The number of benzene rings is 1. The molecule has 0 atom stereocenters. The summed E-state index contributed by atoms with van der Waals surface area (Å²) in [5.74, 6) is 2.22. The number of hydrogen-bond donors (Lipinski definition) is 1. The molecule has 1 aromatic carbocycles. The van der Waals surface area contributed by atoms with Gasteiger partial charge in [0.1, 0.15) is 18.7 Å². The van der Waals surface area contributed by atoms with Crippen LogP contribution in [0.3, 0.4) is 0 Å². The van der Waals surface area contributed by atoms with Crippen molar-refractivity contribution in [3.63, 3.8) is 0 Å². The van der Waals surface area contributed by atoms with Gasteiger partial charge in [-0.15, -0.1) is 0 Å². The normalized spacial score (nSPS) is 11.1. The Bertz CT molecular complexity index is 583. The van der Waals surface area contributed by atoms with Crippen molar-refractivity contribution in [2.45, 2.75) is 33.5 Å². The molecule has 1 heterocycles. The Morgan fingerprint density at radius 2 is 2.19 bits per heavy atom. The fourth-order valence-corrected chi connectivity index (χ4v) is 2.60. The fourth-order valence-electron chi connectivity index (χ4n) is 2.08. The lowest BCUT2D eigenvalue weighted by Gasteiger charge is -2.14. The quantitative estimate of drug-likeness (QED) is 0.832. The van der Waals surface area contributed by atoms with Gasteiger partial charge in [0.25, 0.3) is 0 Å². The van der Waals surface area contributed by atoms with Crippen molar-refractivity contribution < 1.29 is 4.74 Å². The van der Waals surface area contributed by atoms with Gasteiger partial charge < -0.3 is 10.1 Å². The number of nitrogens with one attached hydrogen (secondary N) is 1. The third-order valence-electron chi connectivity index (χ3n) is 3.00. The summed E-state index contributed by atoms with van der Waals surface area (Å²) in [5.41, 5.74) is 1.11. The molecule has 5 nitrogen and oxygen atoms in total. The molecule has 1 N–H and O–H groups in total. The van der Waals surface area contributed by atoms with E-state index in [-0.39, 0.29) is 0 Å². The number of aromatic nitrogens is 3. The van der Waals surface area contributed by atoms with Crippen LogP contribution >= 0.6 is 15.9 Å². The van der Waals surface area contributed by atoms with Crippen molar-refractivity contribution in [3.05, 3.63) is 40.4 Å². The van der Waals surface area contributed by atoms with Gasteiger partial charge >= 0.3 is 0 Å². The summed E-state index contributed by atoms with van der Waals surface area (Å²) >= 11 is 3.54. The van der Waals surface area contributed by atoms with Gasteiger partial charge in [0.2, 0.25) is 0 Å². The summed E-state index contributed by atoms with van der Waals surface area (Å²) in [6.45, 7) is 6.33. The monoisotopic (exact) mass is 352 g/mol. The van der Waals surface area contributed by atoms with Gasteiger partial charge in [0.05, 0.1) is 4.47 Å². The van der Waals surface area contributed by atoms with Gasteiger partial charge in [-0.25, -0.2) is 9.67 Å². The van der Waals surface area contributed by atoms with Gasteiger partial charge in [-0.3, -0.25) is 0 Å². The summed E-state index contributed by atoms with van der Waals surface area (Å²) in [4.78, 5) is 4.29. The average Bonchev–Trinajstić information content (AvgIpc) is 2.85. The molecule has 0 bridgehead atoms. The van der Waals surface area contributed by atoms with Crippen LogP contribution in [0.2, 0.25) is 0 Å². The summed E-state index contributed by atoms with van der Waals surface area (Å²) in [5, 5.41) is 7.40. The van der Waals surface area contributed by atoms with Crippen LogP contribution in [0.15, 0.2) is 29.0 Å². The zero-order valence-electron chi connectivity index (χ0n) is 12.6. The smallest absolute Gasteiger partial charge is 0.164 e. The molecule has 21 heavy (non-hydrogen) atoms. The minimum Gasteiger partial charge on any atom is -0.484 e. The number of nitrogens with zero attached hydrogens (tertiary/aromatic N) is 3. The topological polar surface area (TPSA) is 52.0 Å². The molecule has 6 heteroatoms. The largest absolute Gasteiger partial charge is 0.484 e. The molecule has 0 saturated heterocycles. The van der Waals surface area contributed by atoms with E-state index in [1.165, 1.54) is 0 Å². The van der Waals surface area contributed by atoms with E-state index >= 15 is 0 Å². The number of rotatable bonds is 7. The van der Waals surface area contributed by atoms with Crippen LogP contribution < -0.4 is 10.1 Å². The van der Waals surface area contributed by atoms with Crippen LogP contribution in [0.5, 0.6) is 5.75 Å². The Kier molecular flexibility index (Phi) is 5.76. The number of halogens is 1. The van der Waals surface area contributed by atoms with E-state index in [0.717, 1.165) is 34.7 Å². The number of para-hydroxylation sites is 1. The van der Waals surface area contributed by atoms with Crippen LogP contribution in [-0.4, -0.2) is 21.8 Å². The molecular weight excluding hydrogens is 332 g/mol. The van der Waals surface area contributed by atoms with E-state index in [2.05, 4.69) is 51.2 Å². The summed E-state index contributed by atoms with van der Waals surface area (Å²) < 4.78 is 8.83. The summed E-state index contributed by atoms with van der Waals surface area (Å²) in [6.07, 6.45) is 1.58. The molecule has 114 valence electrons. The fraction of sp³-hybridized carbons (Fsp3) is 0.467. The van der Waals surface area contributed by atoms with Crippen molar-refractivity contribution in [2.75, 3.05) is 7.05 Å². The van der Waals surface area contributed by atoms with Crippen LogP contribution in [-0.2, 0) is 19.7 Å². The number of hydrogen-bond acceptors (Lipinski definition) is 4. The summed E-state index contributed by atoms with van der Waals surface area (Å²) in [7, 11) is 1.92. The van der Waals surface area contributed by atoms with E-state index in [1.807, 2.05) is 23.9 Å². The van der Waals surface area contributed by atoms with Crippen molar-refractivity contribution in [1.29, 1.82) is 0 Å². The first-order chi connectivity index (χ1) is 10.1.